The maximum absolute atomic E-state index is 10.9. The predicted octanol–water partition coefficient (Wildman–Crippen LogP) is 8.11. The standard InChI is InChI=1S/C39H31N3O2/c1-44-35-20-19-29-25-31(18-17-30(29)26-35)37-36(27-43)41-38(28-21-23-40-24-22-28)42(37)39(32-11-5-2-6-12-32,33-13-7-3-8-14-33)34-15-9-4-10-16-34/h2-26,43H,27H2,1H3. The van der Waals surface area contributed by atoms with Crippen LogP contribution in [0.4, 0.5) is 0 Å². The van der Waals surface area contributed by atoms with Crippen molar-refractivity contribution in [3.8, 4) is 28.4 Å². The van der Waals surface area contributed by atoms with E-state index in [1.807, 2.05) is 42.5 Å². The number of hydrogen-bond acceptors (Lipinski definition) is 4. The van der Waals surface area contributed by atoms with Gasteiger partial charge in [-0.15, -0.1) is 0 Å². The Hall–Kier alpha value is -5.52. The van der Waals surface area contributed by atoms with E-state index >= 15 is 0 Å². The van der Waals surface area contributed by atoms with Gasteiger partial charge in [0.15, 0.2) is 0 Å². The summed E-state index contributed by atoms with van der Waals surface area (Å²) in [6, 6.07) is 48.0. The van der Waals surface area contributed by atoms with Gasteiger partial charge in [0.05, 0.1) is 25.1 Å². The molecule has 7 aromatic rings. The highest BCUT2D eigenvalue weighted by molar-refractivity contribution is 5.89. The summed E-state index contributed by atoms with van der Waals surface area (Å²) in [7, 11) is 1.68. The zero-order chi connectivity index (χ0) is 29.9. The SMILES string of the molecule is COc1ccc2cc(-c3c(CO)nc(-c4ccncc4)n3C(c3ccccc3)(c3ccccc3)c3ccccc3)ccc2c1. The van der Waals surface area contributed by atoms with E-state index in [9.17, 15) is 5.11 Å². The van der Waals surface area contributed by atoms with Crippen LogP contribution in [0.3, 0.4) is 0 Å². The second-order valence-corrected chi connectivity index (χ2v) is 10.7. The maximum atomic E-state index is 10.9. The van der Waals surface area contributed by atoms with E-state index in [0.717, 1.165) is 55.9 Å². The first-order valence-electron chi connectivity index (χ1n) is 14.6. The molecule has 0 aliphatic rings. The third-order valence-electron chi connectivity index (χ3n) is 8.27. The first kappa shape index (κ1) is 27.3. The molecule has 1 N–H and O–H groups in total. The van der Waals surface area contributed by atoms with Crippen LogP contribution in [0.5, 0.6) is 5.75 Å². The number of ether oxygens (including phenoxy) is 1. The van der Waals surface area contributed by atoms with E-state index in [2.05, 4.69) is 107 Å². The van der Waals surface area contributed by atoms with Gasteiger partial charge in [-0.25, -0.2) is 4.98 Å². The Labute approximate surface area is 256 Å². The van der Waals surface area contributed by atoms with Gasteiger partial charge in [-0.1, -0.05) is 109 Å². The molecule has 214 valence electrons. The van der Waals surface area contributed by atoms with E-state index < -0.39 is 5.54 Å². The third-order valence-corrected chi connectivity index (χ3v) is 8.27. The Balaban J connectivity index is 1.67. The summed E-state index contributed by atoms with van der Waals surface area (Å²) in [4.78, 5) is 9.49. The summed E-state index contributed by atoms with van der Waals surface area (Å²) in [5.74, 6) is 1.54. The molecule has 2 aromatic heterocycles. The molecule has 5 nitrogen and oxygen atoms in total. The zero-order valence-corrected chi connectivity index (χ0v) is 24.3. The van der Waals surface area contributed by atoms with Crippen molar-refractivity contribution in [2.45, 2.75) is 12.1 Å². The number of aliphatic hydroxyl groups is 1. The van der Waals surface area contributed by atoms with Crippen molar-refractivity contribution < 1.29 is 9.84 Å². The van der Waals surface area contributed by atoms with Gasteiger partial charge in [0, 0.05) is 23.5 Å². The van der Waals surface area contributed by atoms with Crippen LogP contribution in [0.1, 0.15) is 22.4 Å². The van der Waals surface area contributed by atoms with Crippen LogP contribution >= 0.6 is 0 Å². The smallest absolute Gasteiger partial charge is 0.142 e. The van der Waals surface area contributed by atoms with Crippen molar-refractivity contribution in [1.82, 2.24) is 14.5 Å². The lowest BCUT2D eigenvalue weighted by Crippen LogP contribution is -2.39. The minimum atomic E-state index is -0.854. The number of fused-ring (bicyclic) bond motifs is 1. The van der Waals surface area contributed by atoms with Gasteiger partial charge >= 0.3 is 0 Å². The van der Waals surface area contributed by atoms with E-state index in [-0.39, 0.29) is 6.61 Å². The number of methoxy groups -OCH3 is 1. The van der Waals surface area contributed by atoms with Crippen LogP contribution in [-0.4, -0.2) is 26.8 Å². The van der Waals surface area contributed by atoms with Gasteiger partial charge in [0.2, 0.25) is 0 Å². The fourth-order valence-electron chi connectivity index (χ4n) is 6.32. The molecule has 0 radical (unpaired) electrons. The fraction of sp³-hybridized carbons (Fsp3) is 0.0769. The summed E-state index contributed by atoms with van der Waals surface area (Å²) in [5.41, 5.74) is 5.65. The maximum Gasteiger partial charge on any atom is 0.142 e. The molecule has 0 amide bonds. The largest absolute Gasteiger partial charge is 0.497 e. The fourth-order valence-corrected chi connectivity index (χ4v) is 6.32. The van der Waals surface area contributed by atoms with Gasteiger partial charge in [0.25, 0.3) is 0 Å². The van der Waals surface area contributed by atoms with Crippen LogP contribution in [0.15, 0.2) is 152 Å². The Kier molecular flexibility index (Phi) is 7.22. The van der Waals surface area contributed by atoms with Crippen molar-refractivity contribution in [1.29, 1.82) is 0 Å². The molecule has 0 atom stereocenters. The lowest BCUT2D eigenvalue weighted by Gasteiger charge is -2.40. The second-order valence-electron chi connectivity index (χ2n) is 10.7. The normalized spacial score (nSPS) is 11.5. The molecule has 7 rings (SSSR count). The summed E-state index contributed by atoms with van der Waals surface area (Å²) >= 11 is 0. The Bertz CT molecular complexity index is 1930. The minimum Gasteiger partial charge on any atom is -0.497 e. The summed E-state index contributed by atoms with van der Waals surface area (Å²) in [6.45, 7) is -0.227. The average Bonchev–Trinajstić information content (AvgIpc) is 3.50. The number of benzene rings is 5. The highest BCUT2D eigenvalue weighted by Crippen LogP contribution is 2.47. The molecular weight excluding hydrogens is 542 g/mol. The number of imidazole rings is 1. The zero-order valence-electron chi connectivity index (χ0n) is 24.3. The molecule has 0 aliphatic carbocycles. The summed E-state index contributed by atoms with van der Waals surface area (Å²) in [5, 5.41) is 13.1. The molecule has 5 aromatic carbocycles. The van der Waals surface area contributed by atoms with Gasteiger partial charge in [-0.2, -0.15) is 0 Å². The lowest BCUT2D eigenvalue weighted by atomic mass is 9.76. The van der Waals surface area contributed by atoms with Crippen LogP contribution in [0.2, 0.25) is 0 Å². The molecule has 5 heteroatoms. The topological polar surface area (TPSA) is 60.2 Å². The van der Waals surface area contributed by atoms with Crippen molar-refractivity contribution in [2.75, 3.05) is 7.11 Å². The number of aliphatic hydroxyl groups excluding tert-OH is 1. The van der Waals surface area contributed by atoms with E-state index in [0.29, 0.717) is 5.69 Å². The van der Waals surface area contributed by atoms with Gasteiger partial charge in [-0.3, -0.25) is 4.98 Å². The molecule has 0 unspecified atom stereocenters. The Morgan fingerprint density at radius 2 is 1.18 bits per heavy atom. The van der Waals surface area contributed by atoms with Gasteiger partial charge in [0.1, 0.15) is 17.1 Å². The van der Waals surface area contributed by atoms with Crippen LogP contribution in [0, 0.1) is 0 Å². The van der Waals surface area contributed by atoms with E-state index in [1.54, 1.807) is 19.5 Å². The van der Waals surface area contributed by atoms with Crippen LogP contribution < -0.4 is 4.74 Å². The average molecular weight is 574 g/mol. The quantitative estimate of drug-likeness (QED) is 0.187. The number of aromatic nitrogens is 3. The first-order valence-corrected chi connectivity index (χ1v) is 14.6. The molecule has 2 heterocycles. The van der Waals surface area contributed by atoms with Gasteiger partial charge in [-0.05, 0) is 57.8 Å². The van der Waals surface area contributed by atoms with Crippen LogP contribution in [0.25, 0.3) is 33.4 Å². The third kappa shape index (κ3) is 4.55. The van der Waals surface area contributed by atoms with Crippen molar-refractivity contribution >= 4 is 10.8 Å². The number of rotatable bonds is 8. The highest BCUT2D eigenvalue weighted by Gasteiger charge is 2.42. The van der Waals surface area contributed by atoms with Crippen molar-refractivity contribution in [3.63, 3.8) is 0 Å². The van der Waals surface area contributed by atoms with E-state index in [4.69, 9.17) is 9.72 Å². The number of hydrogen-bond donors (Lipinski definition) is 1. The van der Waals surface area contributed by atoms with Crippen molar-refractivity contribution in [2.24, 2.45) is 0 Å². The number of nitrogens with zero attached hydrogens (tertiary/aromatic N) is 3. The second kappa shape index (κ2) is 11.6. The summed E-state index contributed by atoms with van der Waals surface area (Å²) in [6.07, 6.45) is 3.57. The molecule has 0 spiro atoms. The monoisotopic (exact) mass is 573 g/mol. The molecule has 0 fully saturated rings. The molecule has 0 aliphatic heterocycles. The molecule has 0 bridgehead atoms. The molecule has 0 saturated heterocycles. The van der Waals surface area contributed by atoms with Crippen LogP contribution in [-0.2, 0) is 12.1 Å². The Morgan fingerprint density at radius 1 is 0.636 bits per heavy atom. The molecule has 0 saturated carbocycles. The van der Waals surface area contributed by atoms with Crippen molar-refractivity contribution in [3.05, 3.63) is 174 Å². The molecular formula is C39H31N3O2. The summed E-state index contributed by atoms with van der Waals surface area (Å²) < 4.78 is 7.80. The molecule has 44 heavy (non-hydrogen) atoms. The van der Waals surface area contributed by atoms with E-state index in [1.165, 1.54) is 0 Å². The highest BCUT2D eigenvalue weighted by atomic mass is 16.5. The minimum absolute atomic E-state index is 0.227. The predicted molar refractivity (Wildman–Crippen MR) is 175 cm³/mol. The lowest BCUT2D eigenvalue weighted by molar-refractivity contribution is 0.278. The number of pyridine rings is 1. The first-order chi connectivity index (χ1) is 21.7. The van der Waals surface area contributed by atoms with Gasteiger partial charge < -0.3 is 14.4 Å². The Morgan fingerprint density at radius 3 is 1.73 bits per heavy atom.